The van der Waals surface area contributed by atoms with Crippen LogP contribution < -0.4 is 4.90 Å². The largest absolute Gasteiger partial charge is 0.458 e. The highest BCUT2D eigenvalue weighted by atomic mass is 35.5. The zero-order valence-corrected chi connectivity index (χ0v) is 25.7. The molecule has 2 aliphatic rings. The van der Waals surface area contributed by atoms with Gasteiger partial charge >= 0.3 is 6.18 Å². The number of nitro groups is 1. The summed E-state index contributed by atoms with van der Waals surface area (Å²) in [6.07, 6.45) is -2.31. The van der Waals surface area contributed by atoms with Gasteiger partial charge in [-0.1, -0.05) is 23.2 Å². The number of benzene rings is 2. The Morgan fingerprint density at radius 3 is 2.45 bits per heavy atom. The summed E-state index contributed by atoms with van der Waals surface area (Å²) in [5, 5.41) is 12.6. The molecule has 1 aliphatic carbocycles. The summed E-state index contributed by atoms with van der Waals surface area (Å²) in [7, 11) is 1.69. The number of rotatable bonds is 8. The van der Waals surface area contributed by atoms with Crippen molar-refractivity contribution in [2.75, 3.05) is 44.7 Å². The Morgan fingerprint density at radius 1 is 1.14 bits per heavy atom. The van der Waals surface area contributed by atoms with Crippen LogP contribution in [0.25, 0.3) is 11.0 Å². The highest BCUT2D eigenvalue weighted by Crippen LogP contribution is 2.40. The van der Waals surface area contributed by atoms with E-state index in [9.17, 15) is 28.1 Å². The fourth-order valence-corrected chi connectivity index (χ4v) is 6.56. The molecule has 1 saturated carbocycles. The van der Waals surface area contributed by atoms with Crippen LogP contribution in [-0.2, 0) is 15.7 Å². The summed E-state index contributed by atoms with van der Waals surface area (Å²) >= 11 is 6.67. The van der Waals surface area contributed by atoms with Crippen LogP contribution in [0, 0.1) is 17.0 Å². The molecule has 1 aliphatic heterocycles. The number of piperazine rings is 1. The van der Waals surface area contributed by atoms with Gasteiger partial charge in [0.1, 0.15) is 23.5 Å². The second-order valence-electron chi connectivity index (χ2n) is 11.7. The number of anilines is 1. The average Bonchev–Trinajstić information content (AvgIpc) is 3.33. The lowest BCUT2D eigenvalue weighted by Crippen LogP contribution is -2.50. The Kier molecular flexibility index (Phi) is 9.43. The fourth-order valence-electron chi connectivity index (χ4n) is 6.21. The molecule has 3 aromatic rings. The van der Waals surface area contributed by atoms with Crippen molar-refractivity contribution in [2.45, 2.75) is 63.9 Å². The number of carbonyl (C=O) groups is 1. The maximum absolute atomic E-state index is 13.4. The summed E-state index contributed by atoms with van der Waals surface area (Å²) < 4.78 is 52.3. The monoisotopic (exact) mass is 636 g/mol. The third-order valence-electron chi connectivity index (χ3n) is 8.93. The van der Waals surface area contributed by atoms with E-state index in [1.54, 1.807) is 16.8 Å². The van der Waals surface area contributed by atoms with Crippen LogP contribution in [0.15, 0.2) is 40.8 Å². The summed E-state index contributed by atoms with van der Waals surface area (Å²) in [4.78, 5) is 28.8. The molecule has 1 saturated heterocycles. The molecule has 1 atom stereocenters. The molecule has 0 spiro atoms. The van der Waals surface area contributed by atoms with E-state index in [2.05, 4.69) is 11.8 Å². The Labute approximate surface area is 258 Å². The quantitative estimate of drug-likeness (QED) is 0.194. The molecular formula is C31H36ClF3N4O5. The van der Waals surface area contributed by atoms with Crippen molar-refractivity contribution >= 4 is 39.9 Å². The van der Waals surface area contributed by atoms with E-state index in [0.717, 1.165) is 34.4 Å². The van der Waals surface area contributed by atoms with Gasteiger partial charge in [0.2, 0.25) is 5.91 Å². The first kappa shape index (κ1) is 32.1. The minimum atomic E-state index is -4.83. The van der Waals surface area contributed by atoms with Gasteiger partial charge in [-0.15, -0.1) is 0 Å². The number of furan rings is 1. The van der Waals surface area contributed by atoms with Crippen LogP contribution in [0.1, 0.15) is 55.5 Å². The third-order valence-corrected chi connectivity index (χ3v) is 9.32. The van der Waals surface area contributed by atoms with Crippen molar-refractivity contribution in [2.24, 2.45) is 0 Å². The first-order valence-electron chi connectivity index (χ1n) is 14.7. The summed E-state index contributed by atoms with van der Waals surface area (Å²) in [6, 6.07) is 8.95. The standard InChI is InChI=1S/C31H36ClF3N4O5/c1-19-4-11-27-24(16-19)29(32)30(44-27)20(2)37-12-14-38(15-13-37)28(40)18-43-23-8-5-21(6-9-23)36(3)22-7-10-26(39(41)42)25(17-22)31(33,34)35/h4,7,10-11,16-17,20-21,23H,5-6,8-9,12-15,18H2,1-3H3/t20?,21-,23-. The maximum Gasteiger partial charge on any atom is 0.423 e. The predicted octanol–water partition coefficient (Wildman–Crippen LogP) is 6.99. The maximum atomic E-state index is 13.4. The zero-order valence-electron chi connectivity index (χ0n) is 24.9. The Bertz CT molecular complexity index is 1510. The average molecular weight is 637 g/mol. The molecule has 44 heavy (non-hydrogen) atoms. The number of fused-ring (bicyclic) bond motifs is 1. The summed E-state index contributed by atoms with van der Waals surface area (Å²) in [5.41, 5.74) is -0.0759. The van der Waals surface area contributed by atoms with Gasteiger partial charge in [0, 0.05) is 56.4 Å². The normalized spacial score (nSPS) is 20.6. The lowest BCUT2D eigenvalue weighted by Gasteiger charge is -2.38. The number of halogens is 4. The van der Waals surface area contributed by atoms with Gasteiger partial charge in [0.15, 0.2) is 0 Å². The van der Waals surface area contributed by atoms with Crippen molar-refractivity contribution in [1.29, 1.82) is 0 Å². The molecule has 13 heteroatoms. The Balaban J connectivity index is 1.08. The van der Waals surface area contributed by atoms with E-state index in [4.69, 9.17) is 20.8 Å². The summed E-state index contributed by atoms with van der Waals surface area (Å²) in [6.45, 7) is 6.53. The first-order chi connectivity index (χ1) is 20.8. The lowest BCUT2D eigenvalue weighted by atomic mass is 9.91. The van der Waals surface area contributed by atoms with Gasteiger partial charge in [-0.25, -0.2) is 0 Å². The molecule has 0 bridgehead atoms. The van der Waals surface area contributed by atoms with Gasteiger partial charge < -0.3 is 19.0 Å². The minimum Gasteiger partial charge on any atom is -0.458 e. The van der Waals surface area contributed by atoms with E-state index in [1.165, 1.54) is 6.07 Å². The zero-order chi connectivity index (χ0) is 31.8. The SMILES string of the molecule is Cc1ccc2oc(C(C)N3CCN(C(=O)CO[C@H]4CC[C@H](N(C)c5ccc([N+](=O)[O-])c(C(F)(F)F)c5)CC4)CC3)c(Cl)c2c1. The second-order valence-corrected chi connectivity index (χ2v) is 12.1. The lowest BCUT2D eigenvalue weighted by molar-refractivity contribution is -0.388. The van der Waals surface area contributed by atoms with Gasteiger partial charge in [-0.2, -0.15) is 13.2 Å². The molecular weight excluding hydrogens is 601 g/mol. The van der Waals surface area contributed by atoms with Crippen LogP contribution >= 0.6 is 11.6 Å². The van der Waals surface area contributed by atoms with Crippen LogP contribution in [0.3, 0.4) is 0 Å². The van der Waals surface area contributed by atoms with E-state index in [-0.39, 0.29) is 36.4 Å². The molecule has 1 unspecified atom stereocenters. The third kappa shape index (κ3) is 6.82. The van der Waals surface area contributed by atoms with Crippen LogP contribution in [0.4, 0.5) is 24.5 Å². The smallest absolute Gasteiger partial charge is 0.423 e. The highest BCUT2D eigenvalue weighted by Gasteiger charge is 2.39. The second kappa shape index (κ2) is 12.9. The Morgan fingerprint density at radius 2 is 1.82 bits per heavy atom. The summed E-state index contributed by atoms with van der Waals surface area (Å²) in [5.74, 6) is 0.658. The van der Waals surface area contributed by atoms with Crippen molar-refractivity contribution in [3.05, 3.63) is 68.4 Å². The molecule has 1 amide bonds. The number of hydrogen-bond acceptors (Lipinski definition) is 7. The molecule has 9 nitrogen and oxygen atoms in total. The number of amides is 1. The number of alkyl halides is 3. The number of hydrogen-bond donors (Lipinski definition) is 0. The topological polar surface area (TPSA) is 92.3 Å². The number of nitro benzene ring substituents is 1. The molecule has 5 rings (SSSR count). The molecule has 238 valence electrons. The van der Waals surface area contributed by atoms with Crippen molar-refractivity contribution in [1.82, 2.24) is 9.80 Å². The number of ether oxygens (including phenoxy) is 1. The van der Waals surface area contributed by atoms with Crippen molar-refractivity contribution in [3.8, 4) is 0 Å². The van der Waals surface area contributed by atoms with Crippen molar-refractivity contribution in [3.63, 3.8) is 0 Å². The molecule has 2 aromatic carbocycles. The Hall–Kier alpha value is -3.35. The van der Waals surface area contributed by atoms with E-state index in [1.807, 2.05) is 25.1 Å². The van der Waals surface area contributed by atoms with Gasteiger partial charge in [-0.05, 0) is 63.8 Å². The molecule has 2 fully saturated rings. The molecule has 0 radical (unpaired) electrons. The van der Waals surface area contributed by atoms with E-state index < -0.39 is 22.4 Å². The van der Waals surface area contributed by atoms with Crippen LogP contribution in [0.5, 0.6) is 0 Å². The van der Waals surface area contributed by atoms with Crippen LogP contribution in [0.2, 0.25) is 5.02 Å². The molecule has 2 heterocycles. The number of carbonyl (C=O) groups excluding carboxylic acids is 1. The van der Waals surface area contributed by atoms with Crippen molar-refractivity contribution < 1.29 is 32.0 Å². The number of nitrogens with zero attached hydrogens (tertiary/aromatic N) is 4. The van der Waals surface area contributed by atoms with E-state index in [0.29, 0.717) is 56.9 Å². The first-order valence-corrected chi connectivity index (χ1v) is 15.1. The predicted molar refractivity (Wildman–Crippen MR) is 161 cm³/mol. The molecule has 0 N–H and O–H groups in total. The fraction of sp³-hybridized carbons (Fsp3) is 0.516. The highest BCUT2D eigenvalue weighted by molar-refractivity contribution is 6.36. The molecule has 1 aromatic heterocycles. The van der Waals surface area contributed by atoms with Crippen LogP contribution in [-0.4, -0.2) is 72.6 Å². The van der Waals surface area contributed by atoms with Gasteiger partial charge in [0.25, 0.3) is 5.69 Å². The minimum absolute atomic E-state index is 0.0211. The van der Waals surface area contributed by atoms with E-state index >= 15 is 0 Å². The number of aryl methyl sites for hydroxylation is 1. The van der Waals surface area contributed by atoms with Gasteiger partial charge in [-0.3, -0.25) is 19.8 Å². The van der Waals surface area contributed by atoms with Gasteiger partial charge in [0.05, 0.1) is 22.1 Å².